The van der Waals surface area contributed by atoms with Gasteiger partial charge in [-0.05, 0) is 36.4 Å². The predicted molar refractivity (Wildman–Crippen MR) is 92.6 cm³/mol. The lowest BCUT2D eigenvalue weighted by molar-refractivity contribution is -0.141. The van der Waals surface area contributed by atoms with E-state index in [2.05, 4.69) is 4.98 Å². The molecule has 1 N–H and O–H groups in total. The maximum atomic E-state index is 12.1. The molecule has 126 valence electrons. The fourth-order valence-corrected chi connectivity index (χ4v) is 3.14. The Morgan fingerprint density at radius 2 is 2.12 bits per heavy atom. The summed E-state index contributed by atoms with van der Waals surface area (Å²) in [7, 11) is 0. The van der Waals surface area contributed by atoms with Crippen molar-refractivity contribution in [2.45, 2.75) is 6.42 Å². The first kappa shape index (κ1) is 15.7. The standard InChI is InChI=1S/C18H13ClN2O4/c19-12-3-1-2-10(6-12)17-20-14-8-13(4-5-15(14)25-17)21-9-11(18(23)24)7-16(21)22/h1-6,8,11H,7,9H2,(H,23,24). The normalized spacial score (nSPS) is 17.4. The highest BCUT2D eigenvalue weighted by Crippen LogP contribution is 2.31. The molecule has 0 spiro atoms. The number of carboxylic acids is 1. The average molecular weight is 357 g/mol. The molecule has 1 fully saturated rings. The van der Waals surface area contributed by atoms with Crippen molar-refractivity contribution in [3.63, 3.8) is 0 Å². The van der Waals surface area contributed by atoms with Gasteiger partial charge in [-0.3, -0.25) is 9.59 Å². The zero-order valence-electron chi connectivity index (χ0n) is 13.0. The van der Waals surface area contributed by atoms with Crippen LogP contribution in [0, 0.1) is 5.92 Å². The summed E-state index contributed by atoms with van der Waals surface area (Å²) in [6.07, 6.45) is 0.0138. The molecular formula is C18H13ClN2O4. The Labute approximate surface area is 147 Å². The molecule has 0 radical (unpaired) electrons. The topological polar surface area (TPSA) is 83.6 Å². The fourth-order valence-electron chi connectivity index (χ4n) is 2.95. The highest BCUT2D eigenvalue weighted by molar-refractivity contribution is 6.30. The second-order valence-electron chi connectivity index (χ2n) is 5.93. The number of aliphatic carboxylic acids is 1. The summed E-state index contributed by atoms with van der Waals surface area (Å²) in [5, 5.41) is 9.69. The van der Waals surface area contributed by atoms with Gasteiger partial charge in [-0.2, -0.15) is 0 Å². The van der Waals surface area contributed by atoms with E-state index in [1.54, 1.807) is 30.3 Å². The van der Waals surface area contributed by atoms with Gasteiger partial charge in [-0.1, -0.05) is 17.7 Å². The maximum Gasteiger partial charge on any atom is 0.308 e. The van der Waals surface area contributed by atoms with Crippen molar-refractivity contribution in [3.8, 4) is 11.5 Å². The monoisotopic (exact) mass is 356 g/mol. The second-order valence-corrected chi connectivity index (χ2v) is 6.36. The van der Waals surface area contributed by atoms with E-state index in [-0.39, 0.29) is 18.9 Å². The van der Waals surface area contributed by atoms with Crippen molar-refractivity contribution in [2.75, 3.05) is 11.4 Å². The van der Waals surface area contributed by atoms with Crippen LogP contribution in [-0.4, -0.2) is 28.5 Å². The van der Waals surface area contributed by atoms with Gasteiger partial charge in [-0.15, -0.1) is 0 Å². The van der Waals surface area contributed by atoms with Gasteiger partial charge in [-0.25, -0.2) is 4.98 Å². The van der Waals surface area contributed by atoms with Crippen LogP contribution in [0.25, 0.3) is 22.6 Å². The second kappa shape index (κ2) is 5.89. The molecule has 1 atom stereocenters. The summed E-state index contributed by atoms with van der Waals surface area (Å²) < 4.78 is 5.75. The van der Waals surface area contributed by atoms with Gasteiger partial charge >= 0.3 is 5.97 Å². The number of fused-ring (bicyclic) bond motifs is 1. The van der Waals surface area contributed by atoms with Gasteiger partial charge in [0.25, 0.3) is 0 Å². The molecule has 7 heteroatoms. The van der Waals surface area contributed by atoms with Crippen LogP contribution in [0.3, 0.4) is 0 Å². The summed E-state index contributed by atoms with van der Waals surface area (Å²) in [5.74, 6) is -1.40. The smallest absolute Gasteiger partial charge is 0.308 e. The molecule has 0 aliphatic carbocycles. The van der Waals surface area contributed by atoms with Crippen LogP contribution in [0.4, 0.5) is 5.69 Å². The third-order valence-electron chi connectivity index (χ3n) is 4.23. The Morgan fingerprint density at radius 3 is 2.84 bits per heavy atom. The zero-order valence-corrected chi connectivity index (χ0v) is 13.7. The summed E-state index contributed by atoms with van der Waals surface area (Å²) in [6, 6.07) is 12.4. The van der Waals surface area contributed by atoms with Gasteiger partial charge in [0.05, 0.1) is 5.92 Å². The van der Waals surface area contributed by atoms with E-state index in [0.717, 1.165) is 5.56 Å². The summed E-state index contributed by atoms with van der Waals surface area (Å²) >= 11 is 6.00. The number of nitrogens with zero attached hydrogens (tertiary/aromatic N) is 2. The number of benzene rings is 2. The molecule has 0 bridgehead atoms. The third-order valence-corrected chi connectivity index (χ3v) is 4.46. The highest BCUT2D eigenvalue weighted by atomic mass is 35.5. The lowest BCUT2D eigenvalue weighted by atomic mass is 10.1. The lowest BCUT2D eigenvalue weighted by Crippen LogP contribution is -2.25. The summed E-state index contributed by atoms with van der Waals surface area (Å²) in [4.78, 5) is 29.1. The van der Waals surface area contributed by atoms with Crippen LogP contribution in [0.1, 0.15) is 6.42 Å². The van der Waals surface area contributed by atoms with Crippen LogP contribution < -0.4 is 4.90 Å². The Bertz CT molecular complexity index is 998. The minimum atomic E-state index is -0.957. The predicted octanol–water partition coefficient (Wildman–Crippen LogP) is 3.59. The fraction of sp³-hybridized carbons (Fsp3) is 0.167. The largest absolute Gasteiger partial charge is 0.481 e. The number of anilines is 1. The molecule has 6 nitrogen and oxygen atoms in total. The third kappa shape index (κ3) is 2.85. The molecule has 2 heterocycles. The maximum absolute atomic E-state index is 12.1. The number of rotatable bonds is 3. The van der Waals surface area contributed by atoms with Crippen molar-refractivity contribution in [2.24, 2.45) is 5.92 Å². The molecular weight excluding hydrogens is 344 g/mol. The molecule has 0 saturated carbocycles. The van der Waals surface area contributed by atoms with E-state index in [9.17, 15) is 9.59 Å². The Balaban J connectivity index is 1.69. The van der Waals surface area contributed by atoms with Crippen molar-refractivity contribution >= 4 is 40.3 Å². The SMILES string of the molecule is O=C(O)C1CC(=O)N(c2ccc3oc(-c4cccc(Cl)c4)nc3c2)C1. The molecule has 1 aliphatic rings. The van der Waals surface area contributed by atoms with E-state index in [1.807, 2.05) is 12.1 Å². The summed E-state index contributed by atoms with van der Waals surface area (Å²) in [5.41, 5.74) is 2.56. The van der Waals surface area contributed by atoms with E-state index in [4.69, 9.17) is 21.1 Å². The van der Waals surface area contributed by atoms with Gasteiger partial charge in [0.15, 0.2) is 5.58 Å². The van der Waals surface area contributed by atoms with Crippen LogP contribution in [0.5, 0.6) is 0 Å². The number of hydrogen-bond acceptors (Lipinski definition) is 4. The zero-order chi connectivity index (χ0) is 17.6. The van der Waals surface area contributed by atoms with Gasteiger partial charge in [0, 0.05) is 29.2 Å². The van der Waals surface area contributed by atoms with Crippen LogP contribution in [0.2, 0.25) is 5.02 Å². The van der Waals surface area contributed by atoms with Gasteiger partial charge in [0.1, 0.15) is 5.52 Å². The minimum absolute atomic E-state index is 0.0138. The quantitative estimate of drug-likeness (QED) is 0.775. The number of hydrogen-bond donors (Lipinski definition) is 1. The van der Waals surface area contributed by atoms with E-state index < -0.39 is 11.9 Å². The van der Waals surface area contributed by atoms with Crippen LogP contribution in [0.15, 0.2) is 46.9 Å². The Morgan fingerprint density at radius 1 is 1.28 bits per heavy atom. The number of halogens is 1. The Kier molecular flexibility index (Phi) is 3.69. The molecule has 1 saturated heterocycles. The first-order valence-electron chi connectivity index (χ1n) is 7.71. The number of amides is 1. The van der Waals surface area contributed by atoms with Gasteiger partial charge in [0.2, 0.25) is 11.8 Å². The molecule has 1 unspecified atom stereocenters. The van der Waals surface area contributed by atoms with E-state index in [1.165, 1.54) is 4.90 Å². The number of oxazole rings is 1. The number of carboxylic acid groups (broad SMARTS) is 1. The van der Waals surface area contributed by atoms with Crippen LogP contribution in [-0.2, 0) is 9.59 Å². The molecule has 3 aromatic rings. The molecule has 1 amide bonds. The van der Waals surface area contributed by atoms with Crippen molar-refractivity contribution < 1.29 is 19.1 Å². The number of carbonyl (C=O) groups excluding carboxylic acids is 1. The highest BCUT2D eigenvalue weighted by Gasteiger charge is 2.35. The van der Waals surface area contributed by atoms with Gasteiger partial charge < -0.3 is 14.4 Å². The first-order chi connectivity index (χ1) is 12.0. The molecule has 1 aromatic heterocycles. The number of aromatic nitrogens is 1. The van der Waals surface area contributed by atoms with Crippen molar-refractivity contribution in [3.05, 3.63) is 47.5 Å². The Hall–Kier alpha value is -2.86. The molecule has 25 heavy (non-hydrogen) atoms. The molecule has 1 aliphatic heterocycles. The number of carbonyl (C=O) groups is 2. The summed E-state index contributed by atoms with van der Waals surface area (Å²) in [6.45, 7) is 0.165. The van der Waals surface area contributed by atoms with Crippen molar-refractivity contribution in [1.29, 1.82) is 0 Å². The molecule has 4 rings (SSSR count). The van der Waals surface area contributed by atoms with E-state index in [0.29, 0.717) is 27.7 Å². The minimum Gasteiger partial charge on any atom is -0.481 e. The van der Waals surface area contributed by atoms with Crippen LogP contribution >= 0.6 is 11.6 Å². The van der Waals surface area contributed by atoms with Crippen molar-refractivity contribution in [1.82, 2.24) is 4.98 Å². The average Bonchev–Trinajstić information content (AvgIpc) is 3.17. The lowest BCUT2D eigenvalue weighted by Gasteiger charge is -2.15. The van der Waals surface area contributed by atoms with E-state index >= 15 is 0 Å². The first-order valence-corrected chi connectivity index (χ1v) is 8.09. The molecule has 2 aromatic carbocycles.